The molecule has 1 aliphatic rings. The van der Waals surface area contributed by atoms with Gasteiger partial charge in [-0.15, -0.1) is 0 Å². The summed E-state index contributed by atoms with van der Waals surface area (Å²) in [6.45, 7) is 2.36. The van der Waals surface area contributed by atoms with E-state index in [4.69, 9.17) is 4.74 Å². The van der Waals surface area contributed by atoms with Crippen LogP contribution in [0.15, 0.2) is 36.4 Å². The average Bonchev–Trinajstić information content (AvgIpc) is 2.71. The van der Waals surface area contributed by atoms with E-state index in [1.807, 2.05) is 14.1 Å². The predicted molar refractivity (Wildman–Crippen MR) is 81.2 cm³/mol. The number of ether oxygens (including phenoxy) is 1. The van der Waals surface area contributed by atoms with E-state index in [9.17, 15) is 0 Å². The first-order valence-corrected chi connectivity index (χ1v) is 6.85. The van der Waals surface area contributed by atoms with Crippen LogP contribution >= 0.6 is 0 Å². The molecule has 0 saturated carbocycles. The zero-order valence-electron chi connectivity index (χ0n) is 11.9. The summed E-state index contributed by atoms with van der Waals surface area (Å²) in [5.41, 5.74) is 4.37. The first kappa shape index (κ1) is 12.9. The smallest absolute Gasteiger partial charge is 0.218 e. The Balaban J connectivity index is 1.92. The van der Waals surface area contributed by atoms with Crippen LogP contribution in [0, 0.1) is 0 Å². The molecule has 0 atom stereocenters. The van der Waals surface area contributed by atoms with Gasteiger partial charge in [-0.2, -0.15) is 0 Å². The first-order valence-electron chi connectivity index (χ1n) is 6.85. The highest BCUT2D eigenvalue weighted by atomic mass is 16.5. The van der Waals surface area contributed by atoms with Crippen LogP contribution < -0.4 is 15.0 Å². The highest BCUT2D eigenvalue weighted by molar-refractivity contribution is 5.63. The van der Waals surface area contributed by atoms with Crippen molar-refractivity contribution in [1.82, 2.24) is 10.3 Å². The molecule has 0 bridgehead atoms. The number of fused-ring (bicyclic) bond motifs is 1. The molecule has 4 heteroatoms. The van der Waals surface area contributed by atoms with Gasteiger partial charge in [0.15, 0.2) is 0 Å². The summed E-state index contributed by atoms with van der Waals surface area (Å²) in [5.74, 6) is 0.754. The van der Waals surface area contributed by atoms with Gasteiger partial charge in [-0.05, 0) is 18.2 Å². The van der Waals surface area contributed by atoms with Gasteiger partial charge in [-0.25, -0.2) is 4.98 Å². The van der Waals surface area contributed by atoms with Crippen molar-refractivity contribution in [3.63, 3.8) is 0 Å². The van der Waals surface area contributed by atoms with Crippen molar-refractivity contribution in [2.75, 3.05) is 32.1 Å². The van der Waals surface area contributed by atoms with E-state index >= 15 is 0 Å². The van der Waals surface area contributed by atoms with Crippen LogP contribution in [0.3, 0.4) is 0 Å². The SMILES string of the molecule is CN(C)c1ccc(-c2ccc3c(n2)OCCNC3)cc1. The van der Waals surface area contributed by atoms with Gasteiger partial charge in [0.2, 0.25) is 5.88 Å². The molecule has 0 fully saturated rings. The second-order valence-corrected chi connectivity index (χ2v) is 5.13. The molecule has 1 aliphatic heterocycles. The van der Waals surface area contributed by atoms with E-state index in [0.717, 1.165) is 35.8 Å². The zero-order valence-corrected chi connectivity index (χ0v) is 11.9. The third-order valence-electron chi connectivity index (χ3n) is 3.45. The van der Waals surface area contributed by atoms with Gasteiger partial charge in [-0.1, -0.05) is 18.2 Å². The number of aromatic nitrogens is 1. The fraction of sp³-hybridized carbons (Fsp3) is 0.312. The Morgan fingerprint density at radius 1 is 1.10 bits per heavy atom. The lowest BCUT2D eigenvalue weighted by atomic mass is 10.1. The predicted octanol–water partition coefficient (Wildman–Crippen LogP) is 2.30. The van der Waals surface area contributed by atoms with Gasteiger partial charge in [0.25, 0.3) is 0 Å². The van der Waals surface area contributed by atoms with E-state index in [2.05, 4.69) is 51.6 Å². The van der Waals surface area contributed by atoms with E-state index < -0.39 is 0 Å². The Bertz CT molecular complexity index is 593. The summed E-state index contributed by atoms with van der Waals surface area (Å²) in [4.78, 5) is 6.73. The van der Waals surface area contributed by atoms with Crippen LogP contribution in [0.2, 0.25) is 0 Å². The number of hydrogen-bond donors (Lipinski definition) is 1. The fourth-order valence-corrected chi connectivity index (χ4v) is 2.26. The van der Waals surface area contributed by atoms with Gasteiger partial charge in [0.05, 0.1) is 5.69 Å². The lowest BCUT2D eigenvalue weighted by molar-refractivity contribution is 0.314. The second kappa shape index (κ2) is 5.51. The number of nitrogens with one attached hydrogen (secondary N) is 1. The lowest BCUT2D eigenvalue weighted by Gasteiger charge is -2.13. The van der Waals surface area contributed by atoms with Crippen LogP contribution in [0.4, 0.5) is 5.69 Å². The number of hydrogen-bond acceptors (Lipinski definition) is 4. The Labute approximate surface area is 119 Å². The second-order valence-electron chi connectivity index (χ2n) is 5.13. The van der Waals surface area contributed by atoms with Crippen molar-refractivity contribution < 1.29 is 4.74 Å². The van der Waals surface area contributed by atoms with Gasteiger partial charge in [0.1, 0.15) is 6.61 Å². The monoisotopic (exact) mass is 269 g/mol. The molecule has 104 valence electrons. The molecule has 2 aromatic rings. The normalized spacial score (nSPS) is 14.1. The molecule has 1 aromatic carbocycles. The molecule has 1 aromatic heterocycles. The first-order chi connectivity index (χ1) is 9.74. The van der Waals surface area contributed by atoms with Gasteiger partial charge in [-0.3, -0.25) is 0 Å². The van der Waals surface area contributed by atoms with Crippen molar-refractivity contribution in [1.29, 1.82) is 0 Å². The Hall–Kier alpha value is -2.07. The maximum atomic E-state index is 5.69. The standard InChI is InChI=1S/C16H19N3O/c1-19(2)14-6-3-12(4-7-14)15-8-5-13-11-17-9-10-20-16(13)18-15/h3-8,17H,9-11H2,1-2H3. The molecule has 20 heavy (non-hydrogen) atoms. The van der Waals surface area contributed by atoms with Crippen molar-refractivity contribution in [3.05, 3.63) is 42.0 Å². The van der Waals surface area contributed by atoms with Crippen LogP contribution in [0.25, 0.3) is 11.3 Å². The molecule has 0 spiro atoms. The van der Waals surface area contributed by atoms with E-state index in [1.54, 1.807) is 0 Å². The number of pyridine rings is 1. The lowest BCUT2D eigenvalue weighted by Crippen LogP contribution is -2.16. The average molecular weight is 269 g/mol. The highest BCUT2D eigenvalue weighted by Gasteiger charge is 2.11. The maximum absolute atomic E-state index is 5.69. The molecule has 0 saturated heterocycles. The zero-order chi connectivity index (χ0) is 13.9. The summed E-state index contributed by atoms with van der Waals surface area (Å²) in [7, 11) is 4.08. The Morgan fingerprint density at radius 3 is 2.65 bits per heavy atom. The van der Waals surface area contributed by atoms with Crippen molar-refractivity contribution in [3.8, 4) is 17.1 Å². The number of nitrogens with zero attached hydrogens (tertiary/aromatic N) is 2. The van der Waals surface area contributed by atoms with Crippen LogP contribution in [0.1, 0.15) is 5.56 Å². The van der Waals surface area contributed by atoms with Crippen LogP contribution in [0.5, 0.6) is 5.88 Å². The number of rotatable bonds is 2. The minimum absolute atomic E-state index is 0.670. The summed E-state index contributed by atoms with van der Waals surface area (Å²) in [6, 6.07) is 12.5. The molecule has 4 nitrogen and oxygen atoms in total. The summed E-state index contributed by atoms with van der Waals surface area (Å²) >= 11 is 0. The molecule has 0 unspecified atom stereocenters. The highest BCUT2D eigenvalue weighted by Crippen LogP contribution is 2.25. The van der Waals surface area contributed by atoms with Gasteiger partial charge >= 0.3 is 0 Å². The molecule has 1 N–H and O–H groups in total. The minimum Gasteiger partial charge on any atom is -0.476 e. The van der Waals surface area contributed by atoms with E-state index in [-0.39, 0.29) is 0 Å². The van der Waals surface area contributed by atoms with Crippen molar-refractivity contribution in [2.45, 2.75) is 6.54 Å². The summed E-state index contributed by atoms with van der Waals surface area (Å²) < 4.78 is 5.69. The molecule has 0 radical (unpaired) electrons. The topological polar surface area (TPSA) is 37.4 Å². The summed E-state index contributed by atoms with van der Waals surface area (Å²) in [5, 5.41) is 3.31. The van der Waals surface area contributed by atoms with E-state index in [0.29, 0.717) is 6.61 Å². The van der Waals surface area contributed by atoms with Crippen LogP contribution in [-0.4, -0.2) is 32.2 Å². The molecule has 2 heterocycles. The molecule has 3 rings (SSSR count). The summed E-state index contributed by atoms with van der Waals surface area (Å²) in [6.07, 6.45) is 0. The minimum atomic E-state index is 0.670. The van der Waals surface area contributed by atoms with Crippen molar-refractivity contribution >= 4 is 5.69 Å². The fourth-order valence-electron chi connectivity index (χ4n) is 2.26. The number of benzene rings is 1. The van der Waals surface area contributed by atoms with Crippen LogP contribution in [-0.2, 0) is 6.54 Å². The largest absolute Gasteiger partial charge is 0.476 e. The third-order valence-corrected chi connectivity index (χ3v) is 3.45. The molecule has 0 aliphatic carbocycles. The number of anilines is 1. The van der Waals surface area contributed by atoms with E-state index in [1.165, 1.54) is 5.69 Å². The molecule has 0 amide bonds. The Morgan fingerprint density at radius 2 is 1.90 bits per heavy atom. The Kier molecular flexibility index (Phi) is 3.56. The van der Waals surface area contributed by atoms with Gasteiger partial charge < -0.3 is 15.0 Å². The molecular formula is C16H19N3O. The third kappa shape index (κ3) is 2.60. The van der Waals surface area contributed by atoms with Crippen molar-refractivity contribution in [2.24, 2.45) is 0 Å². The quantitative estimate of drug-likeness (QED) is 0.907. The van der Waals surface area contributed by atoms with Gasteiger partial charge in [0, 0.05) is 44.0 Å². The maximum Gasteiger partial charge on any atom is 0.218 e. The molecular weight excluding hydrogens is 250 g/mol.